The molecule has 4 heteroatoms. The number of rotatable bonds is 5. The number of hydrogen-bond donors (Lipinski definition) is 2. The number of alkyl halides is 1. The third-order valence-electron chi connectivity index (χ3n) is 4.18. The number of hydrogen-bond acceptors (Lipinski definition) is 2. The monoisotopic (exact) mass is 351 g/mol. The molecule has 1 unspecified atom stereocenters. The van der Waals surface area contributed by atoms with Crippen LogP contribution < -0.4 is 5.32 Å². The predicted octanol–water partition coefficient (Wildman–Crippen LogP) is 3.48. The second kappa shape index (κ2) is 7.76. The Balaban J connectivity index is 2.29. The minimum atomic E-state index is -1.45. The zero-order valence-corrected chi connectivity index (χ0v) is 13.7. The molecule has 1 fully saturated rings. The largest absolute Gasteiger partial charge is 0.375 e. The molecule has 1 aliphatic rings. The molecule has 1 aromatic carbocycles. The van der Waals surface area contributed by atoms with Crippen molar-refractivity contribution in [3.05, 3.63) is 48.2 Å². The molecule has 2 rings (SSSR count). The molecule has 2 N–H and O–H groups in total. The molecule has 0 aliphatic heterocycles. The SMILES string of the molecule is O=C(N/C=C/CBr)C(O)(c1ccccc1)C1CCCCC1. The summed E-state index contributed by atoms with van der Waals surface area (Å²) >= 11 is 3.27. The highest BCUT2D eigenvalue weighted by atomic mass is 79.9. The second-order valence-electron chi connectivity index (χ2n) is 5.50. The van der Waals surface area contributed by atoms with Crippen molar-refractivity contribution in [3.8, 4) is 0 Å². The fourth-order valence-corrected chi connectivity index (χ4v) is 3.24. The Morgan fingerprint density at radius 3 is 2.57 bits per heavy atom. The van der Waals surface area contributed by atoms with Crippen LogP contribution in [0.1, 0.15) is 37.7 Å². The first kappa shape index (κ1) is 16.2. The van der Waals surface area contributed by atoms with E-state index < -0.39 is 5.60 Å². The van der Waals surface area contributed by atoms with Crippen LogP contribution in [0.4, 0.5) is 0 Å². The predicted molar refractivity (Wildman–Crippen MR) is 88.0 cm³/mol. The lowest BCUT2D eigenvalue weighted by Gasteiger charge is -2.37. The van der Waals surface area contributed by atoms with Crippen LogP contribution in [0, 0.1) is 5.92 Å². The first-order valence-corrected chi connectivity index (χ1v) is 8.61. The van der Waals surface area contributed by atoms with Crippen molar-refractivity contribution < 1.29 is 9.90 Å². The molecule has 0 spiro atoms. The smallest absolute Gasteiger partial charge is 0.260 e. The molecule has 1 aromatic rings. The van der Waals surface area contributed by atoms with Crippen LogP contribution >= 0.6 is 15.9 Å². The molecule has 1 aliphatic carbocycles. The summed E-state index contributed by atoms with van der Waals surface area (Å²) in [6.07, 6.45) is 8.50. The fourth-order valence-electron chi connectivity index (χ4n) is 3.05. The molecule has 0 radical (unpaired) electrons. The van der Waals surface area contributed by atoms with Gasteiger partial charge in [-0.15, -0.1) is 0 Å². The normalized spacial score (nSPS) is 19.3. The summed E-state index contributed by atoms with van der Waals surface area (Å²) in [6.45, 7) is 0. The number of carbonyl (C=O) groups excluding carboxylic acids is 1. The maximum Gasteiger partial charge on any atom is 0.260 e. The van der Waals surface area contributed by atoms with Crippen LogP contribution in [0.15, 0.2) is 42.6 Å². The number of benzene rings is 1. The molecular weight excluding hydrogens is 330 g/mol. The van der Waals surface area contributed by atoms with Crippen molar-refractivity contribution in [2.75, 3.05) is 5.33 Å². The van der Waals surface area contributed by atoms with Crippen LogP contribution in [0.2, 0.25) is 0 Å². The molecule has 0 saturated heterocycles. The second-order valence-corrected chi connectivity index (χ2v) is 6.14. The molecule has 1 amide bonds. The van der Waals surface area contributed by atoms with E-state index in [1.54, 1.807) is 12.3 Å². The molecule has 1 atom stereocenters. The van der Waals surface area contributed by atoms with E-state index in [4.69, 9.17) is 0 Å². The molecule has 21 heavy (non-hydrogen) atoms. The Labute approximate surface area is 134 Å². The number of allylic oxidation sites excluding steroid dienone is 1. The van der Waals surface area contributed by atoms with Gasteiger partial charge in [0.25, 0.3) is 5.91 Å². The van der Waals surface area contributed by atoms with Gasteiger partial charge in [-0.05, 0) is 18.4 Å². The molecule has 0 aromatic heterocycles. The lowest BCUT2D eigenvalue weighted by atomic mass is 9.73. The van der Waals surface area contributed by atoms with Gasteiger partial charge in [-0.3, -0.25) is 4.79 Å². The van der Waals surface area contributed by atoms with E-state index in [0.717, 1.165) is 25.7 Å². The van der Waals surface area contributed by atoms with Crippen molar-refractivity contribution in [2.45, 2.75) is 37.7 Å². The van der Waals surface area contributed by atoms with Crippen molar-refractivity contribution in [1.82, 2.24) is 5.32 Å². The Morgan fingerprint density at radius 1 is 1.29 bits per heavy atom. The van der Waals surface area contributed by atoms with Gasteiger partial charge < -0.3 is 10.4 Å². The van der Waals surface area contributed by atoms with E-state index in [2.05, 4.69) is 21.2 Å². The number of nitrogens with one attached hydrogen (secondary N) is 1. The van der Waals surface area contributed by atoms with E-state index >= 15 is 0 Å². The van der Waals surface area contributed by atoms with Gasteiger partial charge in [0.1, 0.15) is 0 Å². The first-order chi connectivity index (χ1) is 10.2. The Bertz CT molecular complexity index is 483. The van der Waals surface area contributed by atoms with Crippen LogP contribution in [0.25, 0.3) is 0 Å². The maximum atomic E-state index is 12.6. The van der Waals surface area contributed by atoms with E-state index in [9.17, 15) is 9.90 Å². The van der Waals surface area contributed by atoms with E-state index in [1.165, 1.54) is 6.42 Å². The minimum absolute atomic E-state index is 0.0222. The number of halogens is 1. The van der Waals surface area contributed by atoms with Gasteiger partial charge in [0.15, 0.2) is 5.60 Å². The summed E-state index contributed by atoms with van der Waals surface area (Å²) in [4.78, 5) is 12.6. The summed E-state index contributed by atoms with van der Waals surface area (Å²) in [6, 6.07) is 9.30. The number of carbonyl (C=O) groups is 1. The van der Waals surface area contributed by atoms with Crippen molar-refractivity contribution in [3.63, 3.8) is 0 Å². The highest BCUT2D eigenvalue weighted by Gasteiger charge is 2.45. The Morgan fingerprint density at radius 2 is 1.95 bits per heavy atom. The van der Waals surface area contributed by atoms with Gasteiger partial charge >= 0.3 is 0 Å². The van der Waals surface area contributed by atoms with E-state index in [-0.39, 0.29) is 11.8 Å². The number of aliphatic hydroxyl groups is 1. The quantitative estimate of drug-likeness (QED) is 0.797. The van der Waals surface area contributed by atoms with E-state index in [1.807, 2.05) is 30.3 Å². The van der Waals surface area contributed by atoms with Gasteiger partial charge in [-0.25, -0.2) is 0 Å². The van der Waals surface area contributed by atoms with Crippen molar-refractivity contribution in [2.24, 2.45) is 5.92 Å². The van der Waals surface area contributed by atoms with Gasteiger partial charge in [-0.1, -0.05) is 71.6 Å². The Hall–Kier alpha value is -1.13. The molecule has 3 nitrogen and oxygen atoms in total. The maximum absolute atomic E-state index is 12.6. The fraction of sp³-hybridized carbons (Fsp3) is 0.471. The summed E-state index contributed by atoms with van der Waals surface area (Å²) in [7, 11) is 0. The average molecular weight is 352 g/mol. The molecular formula is C17H22BrNO2. The molecule has 114 valence electrons. The van der Waals surface area contributed by atoms with E-state index in [0.29, 0.717) is 10.9 Å². The van der Waals surface area contributed by atoms with Crippen LogP contribution in [-0.2, 0) is 10.4 Å². The van der Waals surface area contributed by atoms with Crippen LogP contribution in [0.3, 0.4) is 0 Å². The molecule has 0 heterocycles. The zero-order chi connectivity index (χ0) is 15.1. The molecule has 0 bridgehead atoms. The average Bonchev–Trinajstić information content (AvgIpc) is 2.56. The van der Waals surface area contributed by atoms with Gasteiger partial charge in [0, 0.05) is 17.4 Å². The topological polar surface area (TPSA) is 49.3 Å². The third-order valence-corrected chi connectivity index (χ3v) is 4.55. The number of amides is 1. The summed E-state index contributed by atoms with van der Waals surface area (Å²) in [5, 5.41) is 14.6. The summed E-state index contributed by atoms with van der Waals surface area (Å²) in [5.74, 6) is -0.358. The van der Waals surface area contributed by atoms with Crippen molar-refractivity contribution in [1.29, 1.82) is 0 Å². The lowest BCUT2D eigenvalue weighted by Crippen LogP contribution is -2.48. The highest BCUT2D eigenvalue weighted by Crippen LogP contribution is 2.39. The first-order valence-electron chi connectivity index (χ1n) is 7.49. The lowest BCUT2D eigenvalue weighted by molar-refractivity contribution is -0.148. The summed E-state index contributed by atoms with van der Waals surface area (Å²) in [5.41, 5.74) is -0.764. The Kier molecular flexibility index (Phi) is 6.00. The standard InChI is InChI=1S/C17H22BrNO2/c18-12-7-13-19-16(20)17(21,14-8-3-1-4-9-14)15-10-5-2-6-11-15/h1,3-4,7-9,13,15,21H,2,5-6,10-12H2,(H,19,20)/b13-7+. The van der Waals surface area contributed by atoms with Crippen LogP contribution in [-0.4, -0.2) is 16.3 Å². The third kappa shape index (κ3) is 3.74. The molecule has 1 saturated carbocycles. The zero-order valence-electron chi connectivity index (χ0n) is 12.1. The minimum Gasteiger partial charge on any atom is -0.375 e. The highest BCUT2D eigenvalue weighted by molar-refractivity contribution is 9.09. The van der Waals surface area contributed by atoms with Gasteiger partial charge in [0.05, 0.1) is 0 Å². The summed E-state index contributed by atoms with van der Waals surface area (Å²) < 4.78 is 0. The van der Waals surface area contributed by atoms with Gasteiger partial charge in [0.2, 0.25) is 0 Å². The van der Waals surface area contributed by atoms with Crippen molar-refractivity contribution >= 4 is 21.8 Å². The van der Waals surface area contributed by atoms with Crippen LogP contribution in [0.5, 0.6) is 0 Å². The van der Waals surface area contributed by atoms with Gasteiger partial charge in [-0.2, -0.15) is 0 Å².